The van der Waals surface area contributed by atoms with Crippen LogP contribution < -0.4 is 10.5 Å². The molecule has 0 fully saturated rings. The van der Waals surface area contributed by atoms with E-state index in [0.29, 0.717) is 17.9 Å². The zero-order valence-electron chi connectivity index (χ0n) is 6.54. The predicted octanol–water partition coefficient (Wildman–Crippen LogP) is 1.12. The van der Waals surface area contributed by atoms with Crippen LogP contribution in [0.15, 0.2) is 18.2 Å². The Kier molecular flexibility index (Phi) is 1.50. The summed E-state index contributed by atoms with van der Waals surface area (Å²) in [4.78, 5) is 10.9. The number of ether oxygens (including phenoxy) is 1. The van der Waals surface area contributed by atoms with Crippen molar-refractivity contribution < 1.29 is 9.53 Å². The van der Waals surface area contributed by atoms with Crippen LogP contribution in [0.4, 0.5) is 5.69 Å². The number of esters is 1. The lowest BCUT2D eigenvalue weighted by molar-refractivity contribution is -0.135. The molecule has 0 aliphatic carbocycles. The van der Waals surface area contributed by atoms with Gasteiger partial charge in [-0.3, -0.25) is 4.79 Å². The van der Waals surface area contributed by atoms with E-state index in [9.17, 15) is 4.79 Å². The second-order valence-corrected chi connectivity index (χ2v) is 2.84. The van der Waals surface area contributed by atoms with Gasteiger partial charge in [0.2, 0.25) is 0 Å². The molecule has 12 heavy (non-hydrogen) atoms. The first-order chi connectivity index (χ1) is 5.75. The first-order valence-corrected chi connectivity index (χ1v) is 3.85. The summed E-state index contributed by atoms with van der Waals surface area (Å²) in [6.45, 7) is 0. The molecule has 3 nitrogen and oxygen atoms in total. The molecule has 2 rings (SSSR count). The van der Waals surface area contributed by atoms with Crippen LogP contribution in [0.5, 0.6) is 5.75 Å². The Morgan fingerprint density at radius 1 is 1.33 bits per heavy atom. The molecule has 0 atom stereocenters. The lowest BCUT2D eigenvalue weighted by Gasteiger charge is -2.15. The van der Waals surface area contributed by atoms with E-state index in [4.69, 9.17) is 10.5 Å². The summed E-state index contributed by atoms with van der Waals surface area (Å²) >= 11 is 0. The summed E-state index contributed by atoms with van der Waals surface area (Å²) in [6.07, 6.45) is 1.23. The van der Waals surface area contributed by atoms with Crippen molar-refractivity contribution in [3.05, 3.63) is 23.8 Å². The van der Waals surface area contributed by atoms with Gasteiger partial charge in [0.05, 0.1) is 6.42 Å². The number of carbonyl (C=O) groups excluding carboxylic acids is 1. The standard InChI is InChI=1S/C9H9NO2/c10-7-3-1-6-2-4-9(11)12-8(6)5-7/h1,3,5H,2,4,10H2. The van der Waals surface area contributed by atoms with Gasteiger partial charge in [-0.05, 0) is 18.1 Å². The molecule has 3 heteroatoms. The van der Waals surface area contributed by atoms with E-state index in [1.807, 2.05) is 12.1 Å². The summed E-state index contributed by atoms with van der Waals surface area (Å²) in [6, 6.07) is 5.40. The van der Waals surface area contributed by atoms with Crippen molar-refractivity contribution in [2.24, 2.45) is 0 Å². The molecule has 1 heterocycles. The van der Waals surface area contributed by atoms with Gasteiger partial charge in [0.15, 0.2) is 0 Å². The zero-order valence-corrected chi connectivity index (χ0v) is 6.54. The quantitative estimate of drug-likeness (QED) is 0.354. The van der Waals surface area contributed by atoms with Crippen LogP contribution in [-0.4, -0.2) is 5.97 Å². The molecule has 1 aromatic rings. The van der Waals surface area contributed by atoms with Crippen LogP contribution in [0, 0.1) is 0 Å². The number of rotatable bonds is 0. The van der Waals surface area contributed by atoms with Gasteiger partial charge in [0, 0.05) is 11.8 Å². The fraction of sp³-hybridized carbons (Fsp3) is 0.222. The number of anilines is 1. The van der Waals surface area contributed by atoms with E-state index in [2.05, 4.69) is 0 Å². The number of hydrogen-bond donors (Lipinski definition) is 1. The molecule has 0 bridgehead atoms. The average molecular weight is 163 g/mol. The Labute approximate surface area is 70.1 Å². The lowest BCUT2D eigenvalue weighted by atomic mass is 10.1. The number of nitrogens with two attached hydrogens (primary N) is 1. The summed E-state index contributed by atoms with van der Waals surface area (Å²) in [5, 5.41) is 0. The maximum Gasteiger partial charge on any atom is 0.311 e. The fourth-order valence-electron chi connectivity index (χ4n) is 1.28. The maximum atomic E-state index is 10.9. The van der Waals surface area contributed by atoms with Crippen molar-refractivity contribution in [2.45, 2.75) is 12.8 Å². The number of aryl methyl sites for hydroxylation is 1. The summed E-state index contributed by atoms with van der Waals surface area (Å²) in [7, 11) is 0. The van der Waals surface area contributed by atoms with E-state index in [-0.39, 0.29) is 5.97 Å². The van der Waals surface area contributed by atoms with Crippen molar-refractivity contribution in [2.75, 3.05) is 5.73 Å². The highest BCUT2D eigenvalue weighted by Crippen LogP contribution is 2.26. The molecule has 2 N–H and O–H groups in total. The van der Waals surface area contributed by atoms with E-state index in [1.165, 1.54) is 0 Å². The van der Waals surface area contributed by atoms with Crippen LogP contribution in [0.3, 0.4) is 0 Å². The lowest BCUT2D eigenvalue weighted by Crippen LogP contribution is -2.15. The van der Waals surface area contributed by atoms with Crippen molar-refractivity contribution in [3.63, 3.8) is 0 Å². The average Bonchev–Trinajstić information content (AvgIpc) is 2.03. The number of carbonyl (C=O) groups is 1. The molecule has 0 spiro atoms. The second kappa shape index (κ2) is 2.52. The van der Waals surface area contributed by atoms with E-state index >= 15 is 0 Å². The highest BCUT2D eigenvalue weighted by molar-refractivity contribution is 5.75. The maximum absolute atomic E-state index is 10.9. The normalized spacial score (nSPS) is 15.2. The smallest absolute Gasteiger partial charge is 0.311 e. The van der Waals surface area contributed by atoms with Gasteiger partial charge >= 0.3 is 5.97 Å². The molecule has 0 unspecified atom stereocenters. The van der Waals surface area contributed by atoms with Crippen LogP contribution in [0.1, 0.15) is 12.0 Å². The van der Waals surface area contributed by atoms with Crippen molar-refractivity contribution in [1.29, 1.82) is 0 Å². The minimum absolute atomic E-state index is 0.173. The molecule has 1 aliphatic heterocycles. The molecule has 0 radical (unpaired) electrons. The highest BCUT2D eigenvalue weighted by Gasteiger charge is 2.16. The molecule has 0 saturated heterocycles. The van der Waals surface area contributed by atoms with Gasteiger partial charge in [-0.15, -0.1) is 0 Å². The van der Waals surface area contributed by atoms with Gasteiger partial charge in [0.1, 0.15) is 5.75 Å². The Balaban J connectivity index is 2.44. The van der Waals surface area contributed by atoms with Crippen LogP contribution >= 0.6 is 0 Å². The Hall–Kier alpha value is -1.51. The third-order valence-corrected chi connectivity index (χ3v) is 1.91. The van der Waals surface area contributed by atoms with Crippen LogP contribution in [0.25, 0.3) is 0 Å². The van der Waals surface area contributed by atoms with Gasteiger partial charge in [0.25, 0.3) is 0 Å². The second-order valence-electron chi connectivity index (χ2n) is 2.84. The topological polar surface area (TPSA) is 52.3 Å². The first-order valence-electron chi connectivity index (χ1n) is 3.85. The third-order valence-electron chi connectivity index (χ3n) is 1.91. The number of hydrogen-bond acceptors (Lipinski definition) is 3. The monoisotopic (exact) mass is 163 g/mol. The minimum atomic E-state index is -0.173. The molecular weight excluding hydrogens is 154 g/mol. The van der Waals surface area contributed by atoms with Gasteiger partial charge in [-0.25, -0.2) is 0 Å². The van der Waals surface area contributed by atoms with Crippen LogP contribution in [0.2, 0.25) is 0 Å². The molecule has 1 aromatic carbocycles. The zero-order chi connectivity index (χ0) is 8.55. The Bertz CT molecular complexity index is 333. The number of nitrogen functional groups attached to an aromatic ring is 1. The molecule has 62 valence electrons. The molecule has 0 amide bonds. The van der Waals surface area contributed by atoms with Crippen molar-refractivity contribution in [3.8, 4) is 5.75 Å². The molecule has 0 aromatic heterocycles. The SMILES string of the molecule is Nc1ccc2c(c1)OC(=O)CC2. The Morgan fingerprint density at radius 2 is 2.17 bits per heavy atom. The minimum Gasteiger partial charge on any atom is -0.426 e. The largest absolute Gasteiger partial charge is 0.426 e. The van der Waals surface area contributed by atoms with Gasteiger partial charge < -0.3 is 10.5 Å². The van der Waals surface area contributed by atoms with Gasteiger partial charge in [-0.1, -0.05) is 6.07 Å². The highest BCUT2D eigenvalue weighted by atomic mass is 16.5. The van der Waals surface area contributed by atoms with Crippen molar-refractivity contribution >= 4 is 11.7 Å². The summed E-state index contributed by atoms with van der Waals surface area (Å²) in [5.41, 5.74) is 7.22. The van der Waals surface area contributed by atoms with E-state index < -0.39 is 0 Å². The first kappa shape index (κ1) is 7.16. The van der Waals surface area contributed by atoms with E-state index in [0.717, 1.165) is 12.0 Å². The summed E-state index contributed by atoms with van der Waals surface area (Å²) < 4.78 is 4.99. The summed E-state index contributed by atoms with van der Waals surface area (Å²) in [5.74, 6) is 0.444. The predicted molar refractivity (Wildman–Crippen MR) is 44.8 cm³/mol. The fourth-order valence-corrected chi connectivity index (χ4v) is 1.28. The van der Waals surface area contributed by atoms with Crippen LogP contribution in [-0.2, 0) is 11.2 Å². The van der Waals surface area contributed by atoms with Crippen molar-refractivity contribution in [1.82, 2.24) is 0 Å². The number of fused-ring (bicyclic) bond motifs is 1. The molecule has 0 saturated carbocycles. The molecule has 1 aliphatic rings. The third kappa shape index (κ3) is 1.13. The number of benzene rings is 1. The van der Waals surface area contributed by atoms with Gasteiger partial charge in [-0.2, -0.15) is 0 Å². The Morgan fingerprint density at radius 3 is 3.00 bits per heavy atom. The van der Waals surface area contributed by atoms with E-state index in [1.54, 1.807) is 6.07 Å². The molecular formula is C9H9NO2.